The van der Waals surface area contributed by atoms with E-state index in [1.165, 1.54) is 0 Å². The number of carbonyl (C=O) groups is 1. The third-order valence-corrected chi connectivity index (χ3v) is 2.54. The minimum Gasteiger partial charge on any atom is -0.465 e. The van der Waals surface area contributed by atoms with Crippen molar-refractivity contribution in [3.05, 3.63) is 0 Å². The molecule has 2 N–H and O–H groups in total. The first-order chi connectivity index (χ1) is 7.33. The van der Waals surface area contributed by atoms with Gasteiger partial charge < -0.3 is 10.5 Å². The van der Waals surface area contributed by atoms with E-state index < -0.39 is 5.41 Å². The van der Waals surface area contributed by atoms with Gasteiger partial charge in [-0.25, -0.2) is 0 Å². The van der Waals surface area contributed by atoms with Crippen LogP contribution in [-0.4, -0.2) is 18.1 Å². The molecule has 3 nitrogen and oxygen atoms in total. The van der Waals surface area contributed by atoms with Crippen molar-refractivity contribution in [2.24, 2.45) is 16.6 Å². The lowest BCUT2D eigenvalue weighted by molar-refractivity contribution is -0.155. The average molecular weight is 243 g/mol. The second-order valence-electron chi connectivity index (χ2n) is 7.50. The van der Waals surface area contributed by atoms with Crippen LogP contribution in [0.4, 0.5) is 0 Å². The van der Waals surface area contributed by atoms with E-state index in [-0.39, 0.29) is 16.9 Å². The van der Waals surface area contributed by atoms with Crippen molar-refractivity contribution in [2.75, 3.05) is 6.61 Å². The summed E-state index contributed by atoms with van der Waals surface area (Å²) < 4.78 is 5.33. The molecule has 0 atom stereocenters. The zero-order valence-electron chi connectivity index (χ0n) is 12.5. The van der Waals surface area contributed by atoms with Crippen LogP contribution in [0.5, 0.6) is 0 Å². The Morgan fingerprint density at radius 1 is 1.06 bits per heavy atom. The van der Waals surface area contributed by atoms with Crippen LogP contribution < -0.4 is 5.73 Å². The number of nitrogens with two attached hydrogens (primary N) is 1. The Balaban J connectivity index is 4.22. The van der Waals surface area contributed by atoms with Crippen LogP contribution in [0.25, 0.3) is 0 Å². The third kappa shape index (κ3) is 8.19. The van der Waals surface area contributed by atoms with Gasteiger partial charge in [0.05, 0.1) is 12.0 Å². The van der Waals surface area contributed by atoms with Gasteiger partial charge in [0, 0.05) is 5.54 Å². The minimum absolute atomic E-state index is 0.153. The van der Waals surface area contributed by atoms with E-state index in [1.54, 1.807) is 0 Å². The Kier molecular flexibility index (Phi) is 5.20. The van der Waals surface area contributed by atoms with Gasteiger partial charge in [0.2, 0.25) is 0 Å². The standard InChI is InChI=1S/C14H29NO2/c1-12(2,3)8-9-17-11(16)13(4,5)10-14(6,7)15/h8-10,15H2,1-7H3. The van der Waals surface area contributed by atoms with Crippen LogP contribution in [0.3, 0.4) is 0 Å². The molecule has 0 aromatic heterocycles. The van der Waals surface area contributed by atoms with Crippen molar-refractivity contribution in [3.63, 3.8) is 0 Å². The van der Waals surface area contributed by atoms with E-state index in [4.69, 9.17) is 10.5 Å². The summed E-state index contributed by atoms with van der Waals surface area (Å²) in [6, 6.07) is 0. The highest BCUT2D eigenvalue weighted by molar-refractivity contribution is 5.76. The zero-order chi connectivity index (χ0) is 13.9. The highest BCUT2D eigenvalue weighted by atomic mass is 16.5. The highest BCUT2D eigenvalue weighted by Gasteiger charge is 2.34. The van der Waals surface area contributed by atoms with E-state index in [1.807, 2.05) is 27.7 Å². The summed E-state index contributed by atoms with van der Waals surface area (Å²) in [6.45, 7) is 14.5. The Bertz CT molecular complexity index is 256. The van der Waals surface area contributed by atoms with Gasteiger partial charge in [0.25, 0.3) is 0 Å². The summed E-state index contributed by atoms with van der Waals surface area (Å²) in [5, 5.41) is 0. The van der Waals surface area contributed by atoms with Crippen LogP contribution in [0.1, 0.15) is 61.3 Å². The summed E-state index contributed by atoms with van der Waals surface area (Å²) in [5.41, 5.74) is 5.27. The van der Waals surface area contributed by atoms with E-state index >= 15 is 0 Å². The fraction of sp³-hybridized carbons (Fsp3) is 0.929. The van der Waals surface area contributed by atoms with Crippen molar-refractivity contribution in [3.8, 4) is 0 Å². The number of rotatable bonds is 5. The molecule has 17 heavy (non-hydrogen) atoms. The predicted molar refractivity (Wildman–Crippen MR) is 71.7 cm³/mol. The van der Waals surface area contributed by atoms with Crippen molar-refractivity contribution >= 4 is 5.97 Å². The van der Waals surface area contributed by atoms with E-state index in [0.717, 1.165) is 6.42 Å². The van der Waals surface area contributed by atoms with Crippen molar-refractivity contribution < 1.29 is 9.53 Å². The number of carbonyl (C=O) groups excluding carboxylic acids is 1. The van der Waals surface area contributed by atoms with Gasteiger partial charge in [-0.15, -0.1) is 0 Å². The lowest BCUT2D eigenvalue weighted by Gasteiger charge is -2.30. The second-order valence-corrected chi connectivity index (χ2v) is 7.50. The first kappa shape index (κ1) is 16.4. The molecule has 3 heteroatoms. The summed E-state index contributed by atoms with van der Waals surface area (Å²) in [7, 11) is 0. The number of hydrogen-bond donors (Lipinski definition) is 1. The maximum Gasteiger partial charge on any atom is 0.311 e. The molecular formula is C14H29NO2. The SMILES string of the molecule is CC(C)(C)CCOC(=O)C(C)(C)CC(C)(C)N. The van der Waals surface area contributed by atoms with E-state index in [9.17, 15) is 4.79 Å². The molecule has 0 aliphatic rings. The molecule has 0 heterocycles. The fourth-order valence-electron chi connectivity index (χ4n) is 1.86. The summed E-state index contributed by atoms with van der Waals surface area (Å²) in [4.78, 5) is 12.0. The fourth-order valence-corrected chi connectivity index (χ4v) is 1.86. The molecule has 0 saturated heterocycles. The van der Waals surface area contributed by atoms with Crippen molar-refractivity contribution in [1.29, 1.82) is 0 Å². The number of hydrogen-bond acceptors (Lipinski definition) is 3. The third-order valence-electron chi connectivity index (χ3n) is 2.54. The molecule has 0 aliphatic heterocycles. The van der Waals surface area contributed by atoms with Crippen molar-refractivity contribution in [1.82, 2.24) is 0 Å². The van der Waals surface area contributed by atoms with Crippen LogP contribution in [0, 0.1) is 10.8 Å². The molecule has 0 saturated carbocycles. The molecule has 0 aliphatic carbocycles. The van der Waals surface area contributed by atoms with Crippen LogP contribution in [0.15, 0.2) is 0 Å². The average Bonchev–Trinajstić information content (AvgIpc) is 1.96. The van der Waals surface area contributed by atoms with Crippen LogP contribution >= 0.6 is 0 Å². The quantitative estimate of drug-likeness (QED) is 0.755. The lowest BCUT2D eigenvalue weighted by atomic mass is 9.80. The number of ether oxygens (including phenoxy) is 1. The van der Waals surface area contributed by atoms with Gasteiger partial charge in [-0.3, -0.25) is 4.79 Å². The first-order valence-corrected chi connectivity index (χ1v) is 6.30. The summed E-state index contributed by atoms with van der Waals surface area (Å²) >= 11 is 0. The summed E-state index contributed by atoms with van der Waals surface area (Å²) in [6.07, 6.45) is 1.50. The lowest BCUT2D eigenvalue weighted by Crippen LogP contribution is -2.41. The van der Waals surface area contributed by atoms with E-state index in [2.05, 4.69) is 20.8 Å². The smallest absolute Gasteiger partial charge is 0.311 e. The molecule has 0 aromatic rings. The second kappa shape index (κ2) is 5.38. The molecule has 0 aromatic carbocycles. The van der Waals surface area contributed by atoms with Gasteiger partial charge in [-0.1, -0.05) is 20.8 Å². The molecule has 0 bridgehead atoms. The van der Waals surface area contributed by atoms with Gasteiger partial charge >= 0.3 is 5.97 Å². The predicted octanol–water partition coefficient (Wildman–Crippen LogP) is 3.12. The maximum atomic E-state index is 12.0. The monoisotopic (exact) mass is 243 g/mol. The Labute approximate surface area is 106 Å². The van der Waals surface area contributed by atoms with Crippen molar-refractivity contribution in [2.45, 2.75) is 66.8 Å². The molecule has 0 radical (unpaired) electrons. The minimum atomic E-state index is -0.518. The van der Waals surface area contributed by atoms with Gasteiger partial charge in [-0.2, -0.15) is 0 Å². The normalized spacial score (nSPS) is 13.6. The zero-order valence-corrected chi connectivity index (χ0v) is 12.5. The van der Waals surface area contributed by atoms with Gasteiger partial charge in [-0.05, 0) is 46.0 Å². The Morgan fingerprint density at radius 3 is 1.88 bits per heavy atom. The van der Waals surface area contributed by atoms with Gasteiger partial charge in [0.15, 0.2) is 0 Å². The topological polar surface area (TPSA) is 52.3 Å². The highest BCUT2D eigenvalue weighted by Crippen LogP contribution is 2.28. The molecule has 0 rings (SSSR count). The van der Waals surface area contributed by atoms with Crippen LogP contribution in [0.2, 0.25) is 0 Å². The maximum absolute atomic E-state index is 12.0. The first-order valence-electron chi connectivity index (χ1n) is 6.30. The Morgan fingerprint density at radius 2 is 1.53 bits per heavy atom. The van der Waals surface area contributed by atoms with E-state index in [0.29, 0.717) is 13.0 Å². The molecule has 0 spiro atoms. The molecule has 0 unspecified atom stereocenters. The largest absolute Gasteiger partial charge is 0.465 e. The molecule has 0 amide bonds. The number of esters is 1. The Hall–Kier alpha value is -0.570. The molecule has 0 fully saturated rings. The molecule has 102 valence electrons. The molecular weight excluding hydrogens is 214 g/mol. The van der Waals surface area contributed by atoms with Gasteiger partial charge in [0.1, 0.15) is 0 Å². The summed E-state index contributed by atoms with van der Waals surface area (Å²) in [5.74, 6) is -0.153. The van der Waals surface area contributed by atoms with Crippen LogP contribution in [-0.2, 0) is 9.53 Å².